The molecule has 0 aliphatic heterocycles. The summed E-state index contributed by atoms with van der Waals surface area (Å²) in [6, 6.07) is 9.87. The fraction of sp³-hybridized carbons (Fsp3) is 0.0769. The SMILES string of the molecule is Cn1c(-c2csc(I)c2)nc2cc(C#N)ccc21. The zero-order valence-electron chi connectivity index (χ0n) is 9.51. The van der Waals surface area contributed by atoms with E-state index in [4.69, 9.17) is 5.26 Å². The second kappa shape index (κ2) is 4.37. The molecule has 0 saturated carbocycles. The van der Waals surface area contributed by atoms with E-state index in [2.05, 4.69) is 49.7 Å². The number of nitriles is 1. The third-order valence-electron chi connectivity index (χ3n) is 2.84. The average molecular weight is 365 g/mol. The molecule has 2 aromatic heterocycles. The molecule has 0 unspecified atom stereocenters. The summed E-state index contributed by atoms with van der Waals surface area (Å²) in [5.41, 5.74) is 3.69. The molecule has 0 radical (unpaired) electrons. The molecule has 3 nitrogen and oxygen atoms in total. The van der Waals surface area contributed by atoms with Crippen molar-refractivity contribution in [3.05, 3.63) is 38.1 Å². The number of aromatic nitrogens is 2. The van der Waals surface area contributed by atoms with Crippen LogP contribution in [0.4, 0.5) is 0 Å². The monoisotopic (exact) mass is 365 g/mol. The van der Waals surface area contributed by atoms with E-state index in [-0.39, 0.29) is 0 Å². The smallest absolute Gasteiger partial charge is 0.141 e. The van der Waals surface area contributed by atoms with Gasteiger partial charge < -0.3 is 4.57 Å². The molecule has 0 N–H and O–H groups in total. The topological polar surface area (TPSA) is 41.6 Å². The summed E-state index contributed by atoms with van der Waals surface area (Å²) >= 11 is 4.01. The number of rotatable bonds is 1. The Hall–Kier alpha value is -1.39. The molecule has 0 amide bonds. The van der Waals surface area contributed by atoms with Crippen LogP contribution in [0.1, 0.15) is 5.56 Å². The molecule has 0 aliphatic carbocycles. The Balaban J connectivity index is 2.26. The van der Waals surface area contributed by atoms with Gasteiger partial charge in [0.25, 0.3) is 0 Å². The lowest BCUT2D eigenvalue weighted by Gasteiger charge is -1.98. The fourth-order valence-electron chi connectivity index (χ4n) is 1.95. The van der Waals surface area contributed by atoms with Crippen LogP contribution in [0.5, 0.6) is 0 Å². The lowest BCUT2D eigenvalue weighted by Crippen LogP contribution is -1.90. The van der Waals surface area contributed by atoms with Gasteiger partial charge in [-0.15, -0.1) is 11.3 Å². The van der Waals surface area contributed by atoms with Gasteiger partial charge in [0, 0.05) is 18.0 Å². The van der Waals surface area contributed by atoms with E-state index < -0.39 is 0 Å². The number of aryl methyl sites for hydroxylation is 1. The molecular weight excluding hydrogens is 357 g/mol. The summed E-state index contributed by atoms with van der Waals surface area (Å²) < 4.78 is 3.31. The summed E-state index contributed by atoms with van der Waals surface area (Å²) in [6.07, 6.45) is 0. The van der Waals surface area contributed by atoms with Gasteiger partial charge >= 0.3 is 0 Å². The van der Waals surface area contributed by atoms with Gasteiger partial charge in [-0.2, -0.15) is 5.26 Å². The molecule has 0 fully saturated rings. The van der Waals surface area contributed by atoms with E-state index in [1.54, 1.807) is 11.3 Å². The maximum atomic E-state index is 8.91. The van der Waals surface area contributed by atoms with Crippen molar-refractivity contribution in [2.45, 2.75) is 0 Å². The number of halogens is 1. The average Bonchev–Trinajstić information content (AvgIpc) is 2.93. The summed E-state index contributed by atoms with van der Waals surface area (Å²) in [5.74, 6) is 0.944. The van der Waals surface area contributed by atoms with Crippen LogP contribution in [-0.4, -0.2) is 9.55 Å². The van der Waals surface area contributed by atoms with Crippen LogP contribution in [-0.2, 0) is 7.05 Å². The van der Waals surface area contributed by atoms with Gasteiger partial charge in [-0.3, -0.25) is 0 Å². The molecule has 3 aromatic rings. The summed E-state index contributed by atoms with van der Waals surface area (Å²) in [5, 5.41) is 11.0. The first-order valence-electron chi connectivity index (χ1n) is 5.30. The van der Waals surface area contributed by atoms with E-state index in [1.807, 2.05) is 25.2 Å². The van der Waals surface area contributed by atoms with Gasteiger partial charge in [-0.1, -0.05) is 0 Å². The molecule has 5 heteroatoms. The van der Waals surface area contributed by atoms with E-state index >= 15 is 0 Å². The Morgan fingerprint density at radius 3 is 2.89 bits per heavy atom. The third kappa shape index (κ3) is 1.82. The largest absolute Gasteiger partial charge is 0.327 e. The molecule has 0 atom stereocenters. The number of fused-ring (bicyclic) bond motifs is 1. The highest BCUT2D eigenvalue weighted by Crippen LogP contribution is 2.28. The molecule has 88 valence electrons. The van der Waals surface area contributed by atoms with Crippen molar-refractivity contribution in [2.75, 3.05) is 0 Å². The van der Waals surface area contributed by atoms with Gasteiger partial charge in [0.2, 0.25) is 0 Å². The standard InChI is InChI=1S/C13H8IN3S/c1-17-11-3-2-8(6-15)4-10(11)16-13(17)9-5-12(14)18-7-9/h2-5,7H,1H3. The Morgan fingerprint density at radius 2 is 2.22 bits per heavy atom. The Labute approximate surface area is 122 Å². The molecular formula is C13H8IN3S. The predicted octanol–water partition coefficient (Wildman–Crippen LogP) is 3.78. The van der Waals surface area contributed by atoms with Crippen molar-refractivity contribution in [1.29, 1.82) is 5.26 Å². The maximum Gasteiger partial charge on any atom is 0.141 e. The number of hydrogen-bond acceptors (Lipinski definition) is 3. The van der Waals surface area contributed by atoms with Gasteiger partial charge in [-0.05, 0) is 46.9 Å². The van der Waals surface area contributed by atoms with Crippen molar-refractivity contribution in [2.24, 2.45) is 7.05 Å². The lowest BCUT2D eigenvalue weighted by molar-refractivity contribution is 0.960. The van der Waals surface area contributed by atoms with Crippen LogP contribution >= 0.6 is 33.9 Å². The van der Waals surface area contributed by atoms with Crippen molar-refractivity contribution < 1.29 is 0 Å². The second-order valence-corrected chi connectivity index (χ2v) is 6.75. The Morgan fingerprint density at radius 1 is 1.39 bits per heavy atom. The summed E-state index contributed by atoms with van der Waals surface area (Å²) in [6.45, 7) is 0. The van der Waals surface area contributed by atoms with Crippen LogP contribution in [0.15, 0.2) is 29.6 Å². The van der Waals surface area contributed by atoms with Gasteiger partial charge in [0.15, 0.2) is 0 Å². The molecule has 0 bridgehead atoms. The minimum Gasteiger partial charge on any atom is -0.327 e. The van der Waals surface area contributed by atoms with Gasteiger partial charge in [0.05, 0.1) is 25.5 Å². The molecule has 2 heterocycles. The van der Waals surface area contributed by atoms with Crippen LogP contribution in [0.3, 0.4) is 0 Å². The Bertz CT molecular complexity index is 779. The van der Waals surface area contributed by atoms with Crippen LogP contribution in [0.2, 0.25) is 0 Å². The van der Waals surface area contributed by atoms with E-state index in [9.17, 15) is 0 Å². The van der Waals surface area contributed by atoms with E-state index in [0.717, 1.165) is 22.4 Å². The van der Waals surface area contributed by atoms with Gasteiger partial charge in [-0.25, -0.2) is 4.98 Å². The van der Waals surface area contributed by atoms with Crippen LogP contribution in [0.25, 0.3) is 22.4 Å². The fourth-order valence-corrected chi connectivity index (χ4v) is 3.28. The summed E-state index contributed by atoms with van der Waals surface area (Å²) in [4.78, 5) is 4.62. The maximum absolute atomic E-state index is 8.91. The number of thiophene rings is 1. The highest BCUT2D eigenvalue weighted by Gasteiger charge is 2.11. The molecule has 18 heavy (non-hydrogen) atoms. The molecule has 0 spiro atoms. The van der Waals surface area contributed by atoms with E-state index in [1.165, 1.54) is 2.88 Å². The molecule has 0 saturated heterocycles. The number of nitrogens with zero attached hydrogens (tertiary/aromatic N) is 3. The number of imidazole rings is 1. The zero-order valence-corrected chi connectivity index (χ0v) is 12.5. The van der Waals surface area contributed by atoms with Crippen LogP contribution < -0.4 is 0 Å². The second-order valence-electron chi connectivity index (χ2n) is 3.95. The predicted molar refractivity (Wildman–Crippen MR) is 81.5 cm³/mol. The number of benzene rings is 1. The van der Waals surface area contributed by atoms with Crippen LogP contribution in [0, 0.1) is 14.2 Å². The first kappa shape index (κ1) is 11.7. The first-order valence-corrected chi connectivity index (χ1v) is 7.26. The molecule has 1 aromatic carbocycles. The highest BCUT2D eigenvalue weighted by molar-refractivity contribution is 14.1. The highest BCUT2D eigenvalue weighted by atomic mass is 127. The lowest BCUT2D eigenvalue weighted by atomic mass is 10.2. The summed E-state index contributed by atoms with van der Waals surface area (Å²) in [7, 11) is 2.00. The Kier molecular flexibility index (Phi) is 2.84. The van der Waals surface area contributed by atoms with Gasteiger partial charge in [0.1, 0.15) is 5.82 Å². The van der Waals surface area contributed by atoms with E-state index in [0.29, 0.717) is 5.56 Å². The minimum atomic E-state index is 0.645. The first-order chi connectivity index (χ1) is 8.69. The molecule has 0 aliphatic rings. The normalized spacial score (nSPS) is 10.7. The molecule has 3 rings (SSSR count). The zero-order chi connectivity index (χ0) is 12.7. The third-order valence-corrected chi connectivity index (χ3v) is 4.62. The number of hydrogen-bond donors (Lipinski definition) is 0. The van der Waals surface area contributed by atoms with Crippen molar-refractivity contribution in [1.82, 2.24) is 9.55 Å². The minimum absolute atomic E-state index is 0.645. The van der Waals surface area contributed by atoms with Crippen molar-refractivity contribution >= 4 is 45.0 Å². The van der Waals surface area contributed by atoms with Crippen molar-refractivity contribution in [3.8, 4) is 17.5 Å². The quantitative estimate of drug-likeness (QED) is 0.616. The van der Waals surface area contributed by atoms with Crippen molar-refractivity contribution in [3.63, 3.8) is 0 Å².